The number of thiazole rings is 1. The highest BCUT2D eigenvalue weighted by Crippen LogP contribution is 2.14. The number of piperidine rings is 1. The smallest absolute Gasteiger partial charge is 0.251 e. The molecule has 1 aromatic heterocycles. The van der Waals surface area contributed by atoms with Crippen LogP contribution >= 0.6 is 11.3 Å². The molecule has 0 spiro atoms. The summed E-state index contributed by atoms with van der Waals surface area (Å²) in [5, 5.41) is 5.87. The second-order valence-electron chi connectivity index (χ2n) is 6.10. The lowest BCUT2D eigenvalue weighted by molar-refractivity contribution is 0.0951. The Morgan fingerprint density at radius 1 is 1.22 bits per heavy atom. The lowest BCUT2D eigenvalue weighted by atomic mass is 10.1. The van der Waals surface area contributed by atoms with Gasteiger partial charge in [-0.1, -0.05) is 18.6 Å². The minimum atomic E-state index is -0.0395. The fourth-order valence-corrected chi connectivity index (χ4v) is 3.59. The summed E-state index contributed by atoms with van der Waals surface area (Å²) in [4.78, 5) is 19.0. The van der Waals surface area contributed by atoms with E-state index in [1.54, 1.807) is 11.3 Å². The lowest BCUT2D eigenvalue weighted by Gasteiger charge is -2.26. The molecular weight excluding hydrogens is 306 g/mol. The second-order valence-corrected chi connectivity index (χ2v) is 7.04. The standard InChI is InChI=1S/C18H23N3OS/c1-14-13-23-17(20-14)11-19-18(22)16-7-5-15(6-8-16)12-21-9-3-2-4-10-21/h5-8,13H,2-4,9-12H2,1H3,(H,19,22). The van der Waals surface area contributed by atoms with Gasteiger partial charge >= 0.3 is 0 Å². The average Bonchev–Trinajstić information content (AvgIpc) is 3.00. The Labute approximate surface area is 141 Å². The molecule has 5 heteroatoms. The Hall–Kier alpha value is -1.72. The van der Waals surface area contributed by atoms with Crippen molar-refractivity contribution in [3.63, 3.8) is 0 Å². The molecule has 1 fully saturated rings. The second kappa shape index (κ2) is 7.70. The van der Waals surface area contributed by atoms with Crippen molar-refractivity contribution in [1.82, 2.24) is 15.2 Å². The topological polar surface area (TPSA) is 45.2 Å². The van der Waals surface area contributed by atoms with Gasteiger partial charge in [0.05, 0.1) is 6.54 Å². The van der Waals surface area contributed by atoms with Crippen LogP contribution in [0.3, 0.4) is 0 Å². The summed E-state index contributed by atoms with van der Waals surface area (Å²) in [6.45, 7) is 5.82. The van der Waals surface area contributed by atoms with E-state index >= 15 is 0 Å². The molecule has 1 saturated heterocycles. The number of hydrogen-bond donors (Lipinski definition) is 1. The molecule has 0 unspecified atom stereocenters. The molecule has 1 N–H and O–H groups in total. The number of rotatable bonds is 5. The normalized spacial score (nSPS) is 15.5. The molecule has 2 heterocycles. The Morgan fingerprint density at radius 2 is 1.96 bits per heavy atom. The van der Waals surface area contributed by atoms with Gasteiger partial charge in [0.15, 0.2) is 0 Å². The number of amides is 1. The number of nitrogens with zero attached hydrogens (tertiary/aromatic N) is 2. The van der Waals surface area contributed by atoms with E-state index in [0.29, 0.717) is 12.1 Å². The molecule has 1 amide bonds. The van der Waals surface area contributed by atoms with Gasteiger partial charge in [-0.2, -0.15) is 0 Å². The highest BCUT2D eigenvalue weighted by molar-refractivity contribution is 7.09. The van der Waals surface area contributed by atoms with Crippen LogP contribution in [0.5, 0.6) is 0 Å². The zero-order chi connectivity index (χ0) is 16.1. The summed E-state index contributed by atoms with van der Waals surface area (Å²) >= 11 is 1.58. The largest absolute Gasteiger partial charge is 0.346 e. The van der Waals surface area contributed by atoms with Crippen molar-refractivity contribution in [3.8, 4) is 0 Å². The van der Waals surface area contributed by atoms with Gasteiger partial charge in [0, 0.05) is 23.2 Å². The molecule has 4 nitrogen and oxygen atoms in total. The van der Waals surface area contributed by atoms with Crippen LogP contribution in [0.1, 0.15) is 45.9 Å². The molecule has 3 rings (SSSR count). The van der Waals surface area contributed by atoms with Crippen molar-refractivity contribution in [2.24, 2.45) is 0 Å². The third-order valence-electron chi connectivity index (χ3n) is 4.14. The molecule has 0 saturated carbocycles. The van der Waals surface area contributed by atoms with Crippen molar-refractivity contribution in [2.45, 2.75) is 39.3 Å². The molecule has 1 aliphatic heterocycles. The predicted octanol–water partition coefficient (Wildman–Crippen LogP) is 3.37. The maximum absolute atomic E-state index is 12.2. The Balaban J connectivity index is 1.52. The summed E-state index contributed by atoms with van der Waals surface area (Å²) in [7, 11) is 0. The number of aryl methyl sites for hydroxylation is 1. The Bertz CT molecular complexity index is 645. The SMILES string of the molecule is Cc1csc(CNC(=O)c2ccc(CN3CCCCC3)cc2)n1. The first-order valence-electron chi connectivity index (χ1n) is 8.21. The predicted molar refractivity (Wildman–Crippen MR) is 93.6 cm³/mol. The van der Waals surface area contributed by atoms with Crippen LogP contribution in [0.25, 0.3) is 0 Å². The van der Waals surface area contributed by atoms with Crippen LogP contribution in [0.4, 0.5) is 0 Å². The minimum absolute atomic E-state index is 0.0395. The fraction of sp³-hybridized carbons (Fsp3) is 0.444. The van der Waals surface area contributed by atoms with E-state index in [9.17, 15) is 4.79 Å². The van der Waals surface area contributed by atoms with Gasteiger partial charge in [-0.3, -0.25) is 9.69 Å². The Kier molecular flexibility index (Phi) is 5.41. The van der Waals surface area contributed by atoms with Gasteiger partial charge in [0.1, 0.15) is 5.01 Å². The molecule has 2 aromatic rings. The van der Waals surface area contributed by atoms with Crippen molar-refractivity contribution >= 4 is 17.2 Å². The summed E-state index contributed by atoms with van der Waals surface area (Å²) in [5.41, 5.74) is 2.99. The zero-order valence-electron chi connectivity index (χ0n) is 13.5. The van der Waals surface area contributed by atoms with Crippen molar-refractivity contribution in [3.05, 3.63) is 51.5 Å². The van der Waals surface area contributed by atoms with Crippen LogP contribution in [-0.4, -0.2) is 28.9 Å². The van der Waals surface area contributed by atoms with E-state index in [1.807, 2.05) is 24.4 Å². The van der Waals surface area contributed by atoms with E-state index in [1.165, 1.54) is 37.9 Å². The van der Waals surface area contributed by atoms with Gasteiger partial charge in [-0.05, 0) is 50.6 Å². The van der Waals surface area contributed by atoms with E-state index in [-0.39, 0.29) is 5.91 Å². The highest BCUT2D eigenvalue weighted by atomic mass is 32.1. The number of benzene rings is 1. The Morgan fingerprint density at radius 3 is 2.61 bits per heavy atom. The molecule has 1 aliphatic rings. The molecule has 1 aromatic carbocycles. The van der Waals surface area contributed by atoms with Gasteiger partial charge in [-0.15, -0.1) is 11.3 Å². The fourth-order valence-electron chi connectivity index (χ4n) is 2.88. The average molecular weight is 329 g/mol. The summed E-state index contributed by atoms with van der Waals surface area (Å²) in [6, 6.07) is 7.97. The molecule has 0 atom stereocenters. The number of likely N-dealkylation sites (tertiary alicyclic amines) is 1. The number of carbonyl (C=O) groups is 1. The molecular formula is C18H23N3OS. The summed E-state index contributed by atoms with van der Waals surface area (Å²) < 4.78 is 0. The van der Waals surface area contributed by atoms with Crippen molar-refractivity contribution < 1.29 is 4.79 Å². The minimum Gasteiger partial charge on any atom is -0.346 e. The van der Waals surface area contributed by atoms with Crippen LogP contribution in [0.2, 0.25) is 0 Å². The summed E-state index contributed by atoms with van der Waals surface area (Å²) in [6.07, 6.45) is 3.96. The van der Waals surface area contributed by atoms with Gasteiger partial charge in [-0.25, -0.2) is 4.98 Å². The number of aromatic nitrogens is 1. The monoisotopic (exact) mass is 329 g/mol. The van der Waals surface area contributed by atoms with Gasteiger partial charge < -0.3 is 5.32 Å². The maximum atomic E-state index is 12.2. The van der Waals surface area contributed by atoms with Crippen LogP contribution in [0.15, 0.2) is 29.6 Å². The number of carbonyl (C=O) groups excluding carboxylic acids is 1. The number of nitrogens with one attached hydrogen (secondary N) is 1. The lowest BCUT2D eigenvalue weighted by Crippen LogP contribution is -2.29. The molecule has 122 valence electrons. The highest BCUT2D eigenvalue weighted by Gasteiger charge is 2.11. The van der Waals surface area contributed by atoms with E-state index in [4.69, 9.17) is 0 Å². The molecule has 0 aliphatic carbocycles. The molecule has 0 bridgehead atoms. The number of hydrogen-bond acceptors (Lipinski definition) is 4. The maximum Gasteiger partial charge on any atom is 0.251 e. The summed E-state index contributed by atoms with van der Waals surface area (Å²) in [5.74, 6) is -0.0395. The zero-order valence-corrected chi connectivity index (χ0v) is 14.4. The van der Waals surface area contributed by atoms with Crippen LogP contribution in [0, 0.1) is 6.92 Å². The van der Waals surface area contributed by atoms with Crippen molar-refractivity contribution in [2.75, 3.05) is 13.1 Å². The van der Waals surface area contributed by atoms with Crippen LogP contribution < -0.4 is 5.32 Å². The first kappa shape index (κ1) is 16.1. The first-order valence-corrected chi connectivity index (χ1v) is 9.09. The third-order valence-corrected chi connectivity index (χ3v) is 5.10. The van der Waals surface area contributed by atoms with Gasteiger partial charge in [0.25, 0.3) is 5.91 Å². The third kappa shape index (κ3) is 4.62. The molecule has 0 radical (unpaired) electrons. The first-order chi connectivity index (χ1) is 11.2. The molecule has 23 heavy (non-hydrogen) atoms. The quantitative estimate of drug-likeness (QED) is 0.915. The van der Waals surface area contributed by atoms with E-state index in [2.05, 4.69) is 27.3 Å². The van der Waals surface area contributed by atoms with Crippen molar-refractivity contribution in [1.29, 1.82) is 0 Å². The van der Waals surface area contributed by atoms with E-state index in [0.717, 1.165) is 17.2 Å². The van der Waals surface area contributed by atoms with E-state index < -0.39 is 0 Å². The van der Waals surface area contributed by atoms with Crippen LogP contribution in [-0.2, 0) is 13.1 Å². The van der Waals surface area contributed by atoms with Gasteiger partial charge in [0.2, 0.25) is 0 Å².